The molecule has 1 N–H and O–H groups in total. The van der Waals surface area contributed by atoms with Crippen LogP contribution in [0, 0.1) is 5.92 Å². The Hall–Kier alpha value is -1.39. The number of halogens is 1. The second-order valence-corrected chi connectivity index (χ2v) is 4.34. The van der Waals surface area contributed by atoms with Crippen molar-refractivity contribution in [3.05, 3.63) is 29.3 Å². The minimum Gasteiger partial charge on any atom is -0.310 e. The zero-order valence-electron chi connectivity index (χ0n) is 8.48. The Balaban J connectivity index is 1.97. The van der Waals surface area contributed by atoms with Gasteiger partial charge in [0.2, 0.25) is 0 Å². The van der Waals surface area contributed by atoms with Crippen LogP contribution in [0.4, 0.5) is 5.69 Å². The molecule has 16 heavy (non-hydrogen) atoms. The molecule has 0 saturated carbocycles. The van der Waals surface area contributed by atoms with Crippen molar-refractivity contribution in [2.24, 2.45) is 11.0 Å². The van der Waals surface area contributed by atoms with Gasteiger partial charge in [0.05, 0.1) is 17.3 Å². The third-order valence-corrected chi connectivity index (χ3v) is 3.08. The number of nitrogens with one attached hydrogen (secondary N) is 1. The minimum absolute atomic E-state index is 0.0299. The fourth-order valence-electron chi connectivity index (χ4n) is 2.04. The Morgan fingerprint density at radius 3 is 3.12 bits per heavy atom. The van der Waals surface area contributed by atoms with Gasteiger partial charge in [-0.05, 0) is 18.2 Å². The number of anilines is 1. The largest absolute Gasteiger partial charge is 0.310 e. The van der Waals surface area contributed by atoms with Crippen LogP contribution >= 0.6 is 11.6 Å². The number of rotatable bonds is 1. The average molecular weight is 236 g/mol. The number of hydrazone groups is 1. The topological polar surface area (TPSA) is 44.7 Å². The lowest BCUT2D eigenvalue weighted by atomic mass is 10.1. The Morgan fingerprint density at radius 1 is 1.50 bits per heavy atom. The zero-order valence-corrected chi connectivity index (χ0v) is 9.24. The fourth-order valence-corrected chi connectivity index (χ4v) is 2.22. The van der Waals surface area contributed by atoms with Gasteiger partial charge in [-0.25, -0.2) is 5.01 Å². The van der Waals surface area contributed by atoms with Crippen molar-refractivity contribution in [3.63, 3.8) is 0 Å². The van der Waals surface area contributed by atoms with E-state index in [9.17, 15) is 4.79 Å². The van der Waals surface area contributed by atoms with Crippen molar-refractivity contribution in [3.8, 4) is 0 Å². The lowest BCUT2D eigenvalue weighted by Gasteiger charge is -2.13. The average Bonchev–Trinajstić information content (AvgIpc) is 2.82. The number of amides is 1. The van der Waals surface area contributed by atoms with Crippen LogP contribution in [0.1, 0.15) is 0 Å². The molecular weight excluding hydrogens is 226 g/mol. The summed E-state index contributed by atoms with van der Waals surface area (Å²) in [7, 11) is 0. The number of carbonyl (C=O) groups is 1. The summed E-state index contributed by atoms with van der Waals surface area (Å²) in [5.74, 6) is -0.0544. The highest BCUT2D eigenvalue weighted by molar-refractivity contribution is 6.31. The van der Waals surface area contributed by atoms with E-state index in [4.69, 9.17) is 11.6 Å². The van der Waals surface area contributed by atoms with Crippen molar-refractivity contribution < 1.29 is 4.79 Å². The molecule has 1 aromatic carbocycles. The van der Waals surface area contributed by atoms with Gasteiger partial charge in [0, 0.05) is 18.1 Å². The Bertz CT molecular complexity index is 486. The molecule has 82 valence electrons. The van der Waals surface area contributed by atoms with Crippen molar-refractivity contribution in [2.75, 3.05) is 18.1 Å². The summed E-state index contributed by atoms with van der Waals surface area (Å²) in [6.07, 6.45) is 0. The molecule has 0 radical (unpaired) electrons. The molecule has 2 aliphatic heterocycles. The van der Waals surface area contributed by atoms with Crippen molar-refractivity contribution >= 4 is 28.9 Å². The molecule has 1 aromatic rings. The van der Waals surface area contributed by atoms with E-state index in [1.54, 1.807) is 12.1 Å². The number of hydrogen-bond acceptors (Lipinski definition) is 3. The zero-order chi connectivity index (χ0) is 11.1. The molecule has 1 unspecified atom stereocenters. The molecule has 4 nitrogen and oxygen atoms in total. The Morgan fingerprint density at radius 2 is 2.38 bits per heavy atom. The molecule has 1 atom stereocenters. The van der Waals surface area contributed by atoms with Crippen LogP contribution in [-0.2, 0) is 4.79 Å². The summed E-state index contributed by atoms with van der Waals surface area (Å²) in [6.45, 7) is 1.39. The normalized spacial score (nSPS) is 23.6. The van der Waals surface area contributed by atoms with Crippen LogP contribution in [0.15, 0.2) is 29.4 Å². The van der Waals surface area contributed by atoms with Gasteiger partial charge in [0.25, 0.3) is 5.91 Å². The quantitative estimate of drug-likeness (QED) is 0.797. The first kappa shape index (κ1) is 9.81. The van der Waals surface area contributed by atoms with E-state index in [1.807, 2.05) is 12.1 Å². The summed E-state index contributed by atoms with van der Waals surface area (Å²) in [5, 5.41) is 9.52. The van der Waals surface area contributed by atoms with Gasteiger partial charge in [-0.3, -0.25) is 4.79 Å². The van der Waals surface area contributed by atoms with E-state index in [2.05, 4.69) is 10.4 Å². The third kappa shape index (κ3) is 1.42. The molecule has 1 fully saturated rings. The number of benzene rings is 1. The molecule has 0 aliphatic carbocycles. The molecular formula is C11H10ClN3O. The van der Waals surface area contributed by atoms with Crippen molar-refractivity contribution in [2.45, 2.75) is 0 Å². The van der Waals surface area contributed by atoms with Crippen molar-refractivity contribution in [1.29, 1.82) is 0 Å². The second-order valence-electron chi connectivity index (χ2n) is 3.90. The SMILES string of the molecule is O=C1C2CNCC2=NN1c1cccc(Cl)c1. The summed E-state index contributed by atoms with van der Waals surface area (Å²) < 4.78 is 0. The lowest BCUT2D eigenvalue weighted by molar-refractivity contribution is -0.119. The number of nitrogens with zero attached hydrogens (tertiary/aromatic N) is 2. The van der Waals surface area contributed by atoms with E-state index >= 15 is 0 Å². The van der Waals surface area contributed by atoms with Gasteiger partial charge < -0.3 is 5.32 Å². The smallest absolute Gasteiger partial charge is 0.257 e. The number of fused-ring (bicyclic) bond motifs is 1. The van der Waals surface area contributed by atoms with Crippen LogP contribution in [0.2, 0.25) is 5.02 Å². The molecule has 0 spiro atoms. The highest BCUT2D eigenvalue weighted by Crippen LogP contribution is 2.27. The van der Waals surface area contributed by atoms with Gasteiger partial charge >= 0.3 is 0 Å². The van der Waals surface area contributed by atoms with Crippen LogP contribution < -0.4 is 10.3 Å². The summed E-state index contributed by atoms with van der Waals surface area (Å²) >= 11 is 5.89. The first-order chi connectivity index (χ1) is 7.75. The first-order valence-corrected chi connectivity index (χ1v) is 5.51. The van der Waals surface area contributed by atoms with Gasteiger partial charge in [0.15, 0.2) is 0 Å². The molecule has 0 aromatic heterocycles. The number of hydrogen-bond donors (Lipinski definition) is 1. The summed E-state index contributed by atoms with van der Waals surface area (Å²) in [5.41, 5.74) is 1.66. The van der Waals surface area contributed by atoms with Gasteiger partial charge in [0.1, 0.15) is 0 Å². The predicted molar refractivity (Wildman–Crippen MR) is 62.7 cm³/mol. The monoisotopic (exact) mass is 235 g/mol. The Labute approximate surface area is 97.9 Å². The minimum atomic E-state index is -0.0843. The van der Waals surface area contributed by atoms with Crippen molar-refractivity contribution in [1.82, 2.24) is 5.32 Å². The van der Waals surface area contributed by atoms with Gasteiger partial charge in [-0.2, -0.15) is 5.10 Å². The lowest BCUT2D eigenvalue weighted by Crippen LogP contribution is -2.28. The molecule has 1 saturated heterocycles. The van der Waals surface area contributed by atoms with Gasteiger partial charge in [-0.15, -0.1) is 0 Å². The highest BCUT2D eigenvalue weighted by atomic mass is 35.5. The molecule has 1 amide bonds. The standard InChI is InChI=1S/C11H10ClN3O/c12-7-2-1-3-8(4-7)15-11(16)9-5-13-6-10(9)14-15/h1-4,9,13H,5-6H2. The van der Waals surface area contributed by atoms with E-state index in [0.29, 0.717) is 18.1 Å². The van der Waals surface area contributed by atoms with Crippen LogP contribution in [0.25, 0.3) is 0 Å². The van der Waals surface area contributed by atoms with Crippen LogP contribution in [0.3, 0.4) is 0 Å². The summed E-state index contributed by atoms with van der Waals surface area (Å²) in [4.78, 5) is 12.0. The predicted octanol–water partition coefficient (Wildman–Crippen LogP) is 1.26. The van der Waals surface area contributed by atoms with Gasteiger partial charge in [-0.1, -0.05) is 17.7 Å². The summed E-state index contributed by atoms with van der Waals surface area (Å²) in [6, 6.07) is 7.18. The maximum atomic E-state index is 12.0. The fraction of sp³-hybridized carbons (Fsp3) is 0.273. The molecule has 5 heteroatoms. The molecule has 0 bridgehead atoms. The number of carbonyl (C=O) groups excluding carboxylic acids is 1. The van der Waals surface area contributed by atoms with E-state index in [0.717, 1.165) is 11.4 Å². The molecule has 3 rings (SSSR count). The first-order valence-electron chi connectivity index (χ1n) is 5.13. The maximum Gasteiger partial charge on any atom is 0.257 e. The van der Waals surface area contributed by atoms with Crippen LogP contribution in [-0.4, -0.2) is 24.7 Å². The molecule has 2 aliphatic rings. The molecule has 2 heterocycles. The highest BCUT2D eigenvalue weighted by Gasteiger charge is 2.39. The van der Waals surface area contributed by atoms with E-state index < -0.39 is 0 Å². The van der Waals surface area contributed by atoms with Crippen LogP contribution in [0.5, 0.6) is 0 Å². The second kappa shape index (κ2) is 3.57. The Kier molecular flexibility index (Phi) is 2.19. The third-order valence-electron chi connectivity index (χ3n) is 2.84. The van der Waals surface area contributed by atoms with E-state index in [-0.39, 0.29) is 11.8 Å². The van der Waals surface area contributed by atoms with E-state index in [1.165, 1.54) is 5.01 Å². The maximum absolute atomic E-state index is 12.0.